The first-order valence-electron chi connectivity index (χ1n) is 6.68. The molecule has 0 atom stereocenters. The van der Waals surface area contributed by atoms with Gasteiger partial charge in [-0.3, -0.25) is 9.69 Å². The number of nitrogens with zero attached hydrogens (tertiary/aromatic N) is 2. The van der Waals surface area contributed by atoms with Gasteiger partial charge in [0, 0.05) is 13.0 Å². The van der Waals surface area contributed by atoms with Crippen molar-refractivity contribution in [1.29, 1.82) is 0 Å². The van der Waals surface area contributed by atoms with Crippen molar-refractivity contribution in [2.24, 2.45) is 5.92 Å². The van der Waals surface area contributed by atoms with Crippen molar-refractivity contribution in [1.82, 2.24) is 9.88 Å². The fourth-order valence-corrected chi connectivity index (χ4v) is 3.04. The molecule has 0 aliphatic carbocycles. The number of esters is 1. The SMILES string of the molecule is COC(=O)CC1CCN(Cc2cc(Cl)nc(Cl)c2)CC1. The standard InChI is InChI=1S/C14H18Cl2N2O2/c1-20-14(19)8-10-2-4-18(5-3-10)9-11-6-12(15)17-13(16)7-11/h6-7,10H,2-5,8-9H2,1H3. The summed E-state index contributed by atoms with van der Waals surface area (Å²) >= 11 is 11.8. The minimum absolute atomic E-state index is 0.115. The molecule has 4 nitrogen and oxygen atoms in total. The van der Waals surface area contributed by atoms with Crippen LogP contribution in [0.1, 0.15) is 24.8 Å². The maximum atomic E-state index is 11.3. The summed E-state index contributed by atoms with van der Waals surface area (Å²) in [6.45, 7) is 2.76. The molecule has 110 valence electrons. The summed E-state index contributed by atoms with van der Waals surface area (Å²) in [5, 5.41) is 0.848. The third kappa shape index (κ3) is 4.62. The highest BCUT2D eigenvalue weighted by molar-refractivity contribution is 6.32. The van der Waals surface area contributed by atoms with E-state index in [9.17, 15) is 4.79 Å². The van der Waals surface area contributed by atoms with Crippen molar-refractivity contribution < 1.29 is 9.53 Å². The Balaban J connectivity index is 1.83. The van der Waals surface area contributed by atoms with E-state index in [1.807, 2.05) is 12.1 Å². The van der Waals surface area contributed by atoms with E-state index in [4.69, 9.17) is 27.9 Å². The van der Waals surface area contributed by atoms with Gasteiger partial charge in [0.1, 0.15) is 10.3 Å². The van der Waals surface area contributed by atoms with Gasteiger partial charge in [0.15, 0.2) is 0 Å². The van der Waals surface area contributed by atoms with E-state index >= 15 is 0 Å². The van der Waals surface area contributed by atoms with Gasteiger partial charge in [-0.1, -0.05) is 23.2 Å². The van der Waals surface area contributed by atoms with Crippen LogP contribution in [-0.2, 0) is 16.1 Å². The van der Waals surface area contributed by atoms with Crippen molar-refractivity contribution in [3.63, 3.8) is 0 Å². The lowest BCUT2D eigenvalue weighted by molar-refractivity contribution is -0.142. The molecule has 0 bridgehead atoms. The monoisotopic (exact) mass is 316 g/mol. The maximum absolute atomic E-state index is 11.3. The number of aromatic nitrogens is 1. The van der Waals surface area contributed by atoms with Crippen LogP contribution in [0.25, 0.3) is 0 Å². The van der Waals surface area contributed by atoms with Crippen LogP contribution in [0.3, 0.4) is 0 Å². The topological polar surface area (TPSA) is 42.4 Å². The van der Waals surface area contributed by atoms with Crippen molar-refractivity contribution in [2.45, 2.75) is 25.8 Å². The van der Waals surface area contributed by atoms with Gasteiger partial charge in [0.25, 0.3) is 0 Å². The molecule has 2 heterocycles. The number of carbonyl (C=O) groups excluding carboxylic acids is 1. The molecule has 1 fully saturated rings. The fraction of sp³-hybridized carbons (Fsp3) is 0.571. The molecule has 0 unspecified atom stereocenters. The number of hydrogen-bond acceptors (Lipinski definition) is 4. The summed E-state index contributed by atoms with van der Waals surface area (Å²) in [7, 11) is 1.44. The van der Waals surface area contributed by atoms with E-state index in [0.717, 1.165) is 38.0 Å². The van der Waals surface area contributed by atoms with Gasteiger partial charge >= 0.3 is 5.97 Å². The largest absolute Gasteiger partial charge is 0.469 e. The number of methoxy groups -OCH3 is 1. The van der Waals surface area contributed by atoms with Crippen LogP contribution < -0.4 is 0 Å². The summed E-state index contributed by atoms with van der Waals surface area (Å²) < 4.78 is 4.71. The molecule has 0 saturated carbocycles. The summed E-state index contributed by atoms with van der Waals surface area (Å²) in [4.78, 5) is 17.5. The zero-order valence-corrected chi connectivity index (χ0v) is 13.0. The highest BCUT2D eigenvalue weighted by Crippen LogP contribution is 2.23. The zero-order valence-electron chi connectivity index (χ0n) is 11.4. The smallest absolute Gasteiger partial charge is 0.305 e. The average Bonchev–Trinajstić information content (AvgIpc) is 2.39. The van der Waals surface area contributed by atoms with E-state index in [1.165, 1.54) is 7.11 Å². The summed E-state index contributed by atoms with van der Waals surface area (Å²) in [5.74, 6) is 0.319. The van der Waals surface area contributed by atoms with E-state index in [-0.39, 0.29) is 5.97 Å². The molecule has 2 rings (SSSR count). The number of likely N-dealkylation sites (tertiary alicyclic amines) is 1. The Bertz CT molecular complexity index is 454. The normalized spacial score (nSPS) is 17.1. The van der Waals surface area contributed by atoms with E-state index in [2.05, 4.69) is 9.88 Å². The predicted octanol–water partition coefficient (Wildman–Crippen LogP) is 3.16. The molecule has 1 aromatic rings. The number of pyridine rings is 1. The van der Waals surface area contributed by atoms with Crippen LogP contribution >= 0.6 is 23.2 Å². The molecule has 1 aliphatic rings. The maximum Gasteiger partial charge on any atom is 0.305 e. The van der Waals surface area contributed by atoms with Crippen LogP contribution in [0.4, 0.5) is 0 Å². The molecule has 6 heteroatoms. The molecule has 1 aromatic heterocycles. The molecule has 20 heavy (non-hydrogen) atoms. The zero-order chi connectivity index (χ0) is 14.5. The van der Waals surface area contributed by atoms with E-state index < -0.39 is 0 Å². The lowest BCUT2D eigenvalue weighted by atomic mass is 9.93. The Hall–Kier alpha value is -0.840. The summed E-state index contributed by atoms with van der Waals surface area (Å²) in [6.07, 6.45) is 2.56. The van der Waals surface area contributed by atoms with Crippen LogP contribution in [0.15, 0.2) is 12.1 Å². The number of rotatable bonds is 4. The first kappa shape index (κ1) is 15.5. The first-order valence-corrected chi connectivity index (χ1v) is 7.43. The van der Waals surface area contributed by atoms with E-state index in [0.29, 0.717) is 22.6 Å². The van der Waals surface area contributed by atoms with Gasteiger partial charge in [-0.2, -0.15) is 0 Å². The van der Waals surface area contributed by atoms with Gasteiger partial charge in [0.05, 0.1) is 7.11 Å². The van der Waals surface area contributed by atoms with Gasteiger partial charge in [0.2, 0.25) is 0 Å². The Morgan fingerprint density at radius 2 is 1.95 bits per heavy atom. The quantitative estimate of drug-likeness (QED) is 0.632. The molecule has 1 aliphatic heterocycles. The minimum Gasteiger partial charge on any atom is -0.469 e. The molecule has 0 amide bonds. The third-order valence-corrected chi connectivity index (χ3v) is 4.01. The van der Waals surface area contributed by atoms with Crippen molar-refractivity contribution >= 4 is 29.2 Å². The molecule has 1 saturated heterocycles. The third-order valence-electron chi connectivity index (χ3n) is 3.62. The van der Waals surface area contributed by atoms with Gasteiger partial charge < -0.3 is 4.74 Å². The van der Waals surface area contributed by atoms with Crippen molar-refractivity contribution in [2.75, 3.05) is 20.2 Å². The average molecular weight is 317 g/mol. The molecule has 0 N–H and O–H groups in total. The Morgan fingerprint density at radius 3 is 2.50 bits per heavy atom. The first-order chi connectivity index (χ1) is 9.56. The second kappa shape index (κ2) is 7.25. The van der Waals surface area contributed by atoms with Gasteiger partial charge in [-0.15, -0.1) is 0 Å². The second-order valence-electron chi connectivity index (χ2n) is 5.12. The van der Waals surface area contributed by atoms with E-state index in [1.54, 1.807) is 0 Å². The van der Waals surface area contributed by atoms with Crippen molar-refractivity contribution in [3.8, 4) is 0 Å². The Kier molecular flexibility index (Phi) is 5.64. The minimum atomic E-state index is -0.115. The van der Waals surface area contributed by atoms with Crippen molar-refractivity contribution in [3.05, 3.63) is 28.0 Å². The Morgan fingerprint density at radius 1 is 1.35 bits per heavy atom. The van der Waals surface area contributed by atoms with Crippen LogP contribution in [0.2, 0.25) is 10.3 Å². The second-order valence-corrected chi connectivity index (χ2v) is 5.90. The Labute approximate surface area is 129 Å². The molecule has 0 aromatic carbocycles. The lowest BCUT2D eigenvalue weighted by Crippen LogP contribution is -2.34. The van der Waals surface area contributed by atoms with Gasteiger partial charge in [-0.05, 0) is 49.5 Å². The number of carbonyl (C=O) groups is 1. The number of piperidine rings is 1. The molecular formula is C14H18Cl2N2O2. The number of ether oxygens (including phenoxy) is 1. The number of hydrogen-bond donors (Lipinski definition) is 0. The highest BCUT2D eigenvalue weighted by Gasteiger charge is 2.21. The summed E-state index contributed by atoms with van der Waals surface area (Å²) in [6, 6.07) is 3.68. The summed E-state index contributed by atoms with van der Waals surface area (Å²) in [5.41, 5.74) is 1.07. The number of halogens is 2. The lowest BCUT2D eigenvalue weighted by Gasteiger charge is -2.31. The fourth-order valence-electron chi connectivity index (χ4n) is 2.53. The highest BCUT2D eigenvalue weighted by atomic mass is 35.5. The molecule has 0 radical (unpaired) electrons. The van der Waals surface area contributed by atoms with Crippen LogP contribution in [0.5, 0.6) is 0 Å². The van der Waals surface area contributed by atoms with Gasteiger partial charge in [-0.25, -0.2) is 4.98 Å². The van der Waals surface area contributed by atoms with Crippen LogP contribution in [-0.4, -0.2) is 36.1 Å². The van der Waals surface area contributed by atoms with Crippen LogP contribution in [0, 0.1) is 5.92 Å². The predicted molar refractivity (Wildman–Crippen MR) is 78.9 cm³/mol. The molecule has 0 spiro atoms. The molecular weight excluding hydrogens is 299 g/mol.